The highest BCUT2D eigenvalue weighted by Gasteiger charge is 2.14. The van der Waals surface area contributed by atoms with E-state index in [0.29, 0.717) is 12.5 Å². The van der Waals surface area contributed by atoms with E-state index in [1.54, 1.807) is 7.11 Å². The molecule has 0 aromatic carbocycles. The quantitative estimate of drug-likeness (QED) is 0.619. The van der Waals surface area contributed by atoms with Gasteiger partial charge in [0, 0.05) is 20.1 Å². The SMILES string of the molecule is COCCC(C)CC(CN)CC(=O)O. The fourth-order valence-electron chi connectivity index (χ4n) is 1.52. The summed E-state index contributed by atoms with van der Waals surface area (Å²) in [6.07, 6.45) is 2.01. The molecule has 0 radical (unpaired) electrons. The van der Waals surface area contributed by atoms with Crippen molar-refractivity contribution >= 4 is 5.97 Å². The number of carbonyl (C=O) groups is 1. The molecular weight excluding hydrogens is 182 g/mol. The van der Waals surface area contributed by atoms with Crippen LogP contribution in [0.1, 0.15) is 26.2 Å². The highest BCUT2D eigenvalue weighted by Crippen LogP contribution is 2.17. The third-order valence-electron chi connectivity index (χ3n) is 2.35. The van der Waals surface area contributed by atoms with E-state index in [2.05, 4.69) is 6.92 Å². The maximum Gasteiger partial charge on any atom is 0.303 e. The summed E-state index contributed by atoms with van der Waals surface area (Å²) in [5, 5.41) is 8.62. The first kappa shape index (κ1) is 13.4. The van der Waals surface area contributed by atoms with Crippen molar-refractivity contribution in [3.63, 3.8) is 0 Å². The molecule has 0 aliphatic carbocycles. The molecule has 0 rings (SSSR count). The topological polar surface area (TPSA) is 72.5 Å². The summed E-state index contributed by atoms with van der Waals surface area (Å²) < 4.78 is 4.96. The lowest BCUT2D eigenvalue weighted by molar-refractivity contribution is -0.138. The number of nitrogens with two attached hydrogens (primary N) is 1. The largest absolute Gasteiger partial charge is 0.481 e. The molecular formula is C10H21NO3. The number of rotatable bonds is 8. The van der Waals surface area contributed by atoms with Crippen LogP contribution >= 0.6 is 0 Å². The second-order valence-electron chi connectivity index (χ2n) is 3.82. The Labute approximate surface area is 85.4 Å². The number of aliphatic carboxylic acids is 1. The Morgan fingerprint density at radius 3 is 2.64 bits per heavy atom. The van der Waals surface area contributed by atoms with Crippen LogP contribution in [0.4, 0.5) is 0 Å². The van der Waals surface area contributed by atoms with Crippen molar-refractivity contribution in [3.8, 4) is 0 Å². The second kappa shape index (κ2) is 7.76. The summed E-state index contributed by atoms with van der Waals surface area (Å²) in [7, 11) is 1.67. The molecule has 4 heteroatoms. The third-order valence-corrected chi connectivity index (χ3v) is 2.35. The Balaban J connectivity index is 3.73. The van der Waals surface area contributed by atoms with Gasteiger partial charge in [-0.05, 0) is 31.2 Å². The van der Waals surface area contributed by atoms with E-state index in [4.69, 9.17) is 15.6 Å². The van der Waals surface area contributed by atoms with E-state index in [9.17, 15) is 4.79 Å². The van der Waals surface area contributed by atoms with Crippen molar-refractivity contribution < 1.29 is 14.6 Å². The molecule has 2 atom stereocenters. The lowest BCUT2D eigenvalue weighted by Gasteiger charge is -2.17. The molecule has 0 aromatic rings. The lowest BCUT2D eigenvalue weighted by atomic mass is 9.91. The molecule has 14 heavy (non-hydrogen) atoms. The van der Waals surface area contributed by atoms with Gasteiger partial charge in [-0.2, -0.15) is 0 Å². The Bertz CT molecular complexity index is 161. The highest BCUT2D eigenvalue weighted by molar-refractivity contribution is 5.67. The number of hydrogen-bond acceptors (Lipinski definition) is 3. The molecule has 0 heterocycles. The first-order chi connectivity index (χ1) is 6.60. The van der Waals surface area contributed by atoms with E-state index in [1.165, 1.54) is 0 Å². The molecule has 3 N–H and O–H groups in total. The fourth-order valence-corrected chi connectivity index (χ4v) is 1.52. The Morgan fingerprint density at radius 1 is 1.57 bits per heavy atom. The van der Waals surface area contributed by atoms with E-state index >= 15 is 0 Å². The van der Waals surface area contributed by atoms with Crippen LogP contribution in [-0.4, -0.2) is 31.3 Å². The van der Waals surface area contributed by atoms with Gasteiger partial charge in [0.1, 0.15) is 0 Å². The van der Waals surface area contributed by atoms with E-state index in [1.807, 2.05) is 0 Å². The van der Waals surface area contributed by atoms with E-state index in [0.717, 1.165) is 19.4 Å². The number of hydrogen-bond donors (Lipinski definition) is 2. The van der Waals surface area contributed by atoms with Crippen molar-refractivity contribution in [1.29, 1.82) is 0 Å². The Hall–Kier alpha value is -0.610. The minimum atomic E-state index is -0.764. The van der Waals surface area contributed by atoms with Gasteiger partial charge in [0.25, 0.3) is 0 Å². The molecule has 0 fully saturated rings. The normalized spacial score (nSPS) is 15.1. The monoisotopic (exact) mass is 203 g/mol. The van der Waals surface area contributed by atoms with E-state index < -0.39 is 5.97 Å². The second-order valence-corrected chi connectivity index (χ2v) is 3.82. The third kappa shape index (κ3) is 6.86. The zero-order valence-corrected chi connectivity index (χ0v) is 9.03. The van der Waals surface area contributed by atoms with Gasteiger partial charge in [-0.15, -0.1) is 0 Å². The molecule has 84 valence electrons. The maximum atomic E-state index is 10.5. The lowest BCUT2D eigenvalue weighted by Crippen LogP contribution is -2.20. The number of methoxy groups -OCH3 is 1. The number of carboxylic acid groups (broad SMARTS) is 1. The molecule has 0 aliphatic rings. The van der Waals surface area contributed by atoms with Gasteiger partial charge < -0.3 is 15.6 Å². The first-order valence-electron chi connectivity index (χ1n) is 5.01. The highest BCUT2D eigenvalue weighted by atomic mass is 16.5. The standard InChI is InChI=1S/C10H21NO3/c1-8(3-4-14-2)5-9(7-11)6-10(12)13/h8-9H,3-7,11H2,1-2H3,(H,12,13). The Kier molecular flexibility index (Phi) is 7.42. The smallest absolute Gasteiger partial charge is 0.303 e. The molecule has 0 aromatic heterocycles. The van der Waals surface area contributed by atoms with Crippen LogP contribution < -0.4 is 5.73 Å². The van der Waals surface area contributed by atoms with Gasteiger partial charge in [0.2, 0.25) is 0 Å². The predicted molar refractivity (Wildman–Crippen MR) is 55.1 cm³/mol. The summed E-state index contributed by atoms with van der Waals surface area (Å²) in [5.74, 6) is -0.193. The van der Waals surface area contributed by atoms with Crippen LogP contribution in [0.5, 0.6) is 0 Å². The molecule has 0 spiro atoms. The molecule has 2 unspecified atom stereocenters. The average molecular weight is 203 g/mol. The zero-order valence-electron chi connectivity index (χ0n) is 9.03. The minimum Gasteiger partial charge on any atom is -0.481 e. The van der Waals surface area contributed by atoms with E-state index in [-0.39, 0.29) is 12.3 Å². The van der Waals surface area contributed by atoms with Gasteiger partial charge in [-0.25, -0.2) is 0 Å². The van der Waals surface area contributed by atoms with Crippen LogP contribution in [-0.2, 0) is 9.53 Å². The molecule has 0 aliphatic heterocycles. The van der Waals surface area contributed by atoms with Crippen molar-refractivity contribution in [1.82, 2.24) is 0 Å². The summed E-state index contributed by atoms with van der Waals surface area (Å²) in [4.78, 5) is 10.5. The van der Waals surface area contributed by atoms with Crippen LogP contribution in [0.2, 0.25) is 0 Å². The van der Waals surface area contributed by atoms with Gasteiger partial charge in [-0.3, -0.25) is 4.79 Å². The minimum absolute atomic E-state index is 0.0966. The Morgan fingerprint density at radius 2 is 2.21 bits per heavy atom. The molecule has 0 saturated carbocycles. The zero-order chi connectivity index (χ0) is 11.0. The van der Waals surface area contributed by atoms with Crippen LogP contribution in [0.25, 0.3) is 0 Å². The predicted octanol–water partition coefficient (Wildman–Crippen LogP) is 1.10. The van der Waals surface area contributed by atoms with Crippen LogP contribution in [0.3, 0.4) is 0 Å². The molecule has 0 amide bonds. The maximum absolute atomic E-state index is 10.5. The first-order valence-corrected chi connectivity index (χ1v) is 5.01. The van der Waals surface area contributed by atoms with Crippen molar-refractivity contribution in [2.24, 2.45) is 17.6 Å². The summed E-state index contributed by atoms with van der Waals surface area (Å²) in [6, 6.07) is 0. The van der Waals surface area contributed by atoms with Gasteiger partial charge in [0.15, 0.2) is 0 Å². The molecule has 0 saturated heterocycles. The average Bonchev–Trinajstić information content (AvgIpc) is 2.12. The molecule has 0 bridgehead atoms. The van der Waals surface area contributed by atoms with Gasteiger partial charge in [-0.1, -0.05) is 6.92 Å². The van der Waals surface area contributed by atoms with Crippen molar-refractivity contribution in [2.75, 3.05) is 20.3 Å². The summed E-state index contributed by atoms with van der Waals surface area (Å²) in [5.41, 5.74) is 5.50. The number of carboxylic acids is 1. The summed E-state index contributed by atoms with van der Waals surface area (Å²) >= 11 is 0. The van der Waals surface area contributed by atoms with Crippen molar-refractivity contribution in [2.45, 2.75) is 26.2 Å². The van der Waals surface area contributed by atoms with Crippen LogP contribution in [0.15, 0.2) is 0 Å². The van der Waals surface area contributed by atoms with Crippen molar-refractivity contribution in [3.05, 3.63) is 0 Å². The number of ether oxygens (including phenoxy) is 1. The van der Waals surface area contributed by atoms with Gasteiger partial charge in [0.05, 0.1) is 0 Å². The fraction of sp³-hybridized carbons (Fsp3) is 0.900. The summed E-state index contributed by atoms with van der Waals surface area (Å²) in [6.45, 7) is 3.28. The van der Waals surface area contributed by atoms with Gasteiger partial charge >= 0.3 is 5.97 Å². The van der Waals surface area contributed by atoms with Crippen LogP contribution in [0, 0.1) is 11.8 Å². The molecule has 4 nitrogen and oxygen atoms in total.